The third-order valence-electron chi connectivity index (χ3n) is 2.26. The summed E-state index contributed by atoms with van der Waals surface area (Å²) in [4.78, 5) is 22.0. The second kappa shape index (κ2) is 6.32. The van der Waals surface area contributed by atoms with Gasteiger partial charge in [-0.15, -0.1) is 0 Å². The van der Waals surface area contributed by atoms with E-state index in [9.17, 15) is 9.59 Å². The highest BCUT2D eigenvalue weighted by Crippen LogP contribution is 2.28. The van der Waals surface area contributed by atoms with Crippen LogP contribution in [0.2, 0.25) is 0 Å². The van der Waals surface area contributed by atoms with E-state index in [4.69, 9.17) is 18.9 Å². The summed E-state index contributed by atoms with van der Waals surface area (Å²) >= 11 is 3.24. The number of halogens is 1. The molecule has 1 fully saturated rings. The molecule has 0 amide bonds. The number of esters is 2. The first kappa shape index (κ1) is 14.4. The minimum absolute atomic E-state index is 0.409. The van der Waals surface area contributed by atoms with Crippen molar-refractivity contribution < 1.29 is 28.5 Å². The Bertz CT molecular complexity index is 267. The van der Waals surface area contributed by atoms with Crippen LogP contribution in [0.15, 0.2) is 0 Å². The number of carbonyl (C=O) groups is 2. The molecule has 0 radical (unpaired) electrons. The normalized spacial score (nSPS) is 32.2. The monoisotopic (exact) mass is 310 g/mol. The van der Waals surface area contributed by atoms with Gasteiger partial charge in [-0.1, -0.05) is 15.9 Å². The summed E-state index contributed by atoms with van der Waals surface area (Å²) < 4.78 is 20.7. The van der Waals surface area contributed by atoms with Crippen molar-refractivity contribution in [1.29, 1.82) is 0 Å². The van der Waals surface area contributed by atoms with Crippen LogP contribution in [0.25, 0.3) is 0 Å². The first-order chi connectivity index (χ1) is 7.99. The van der Waals surface area contributed by atoms with Gasteiger partial charge in [0.1, 0.15) is 6.10 Å². The predicted octanol–water partition coefficient (Wildman–Crippen LogP) is 0.616. The number of ether oxygens (including phenoxy) is 4. The molecule has 6 nitrogen and oxygen atoms in total. The molecule has 1 aliphatic heterocycles. The van der Waals surface area contributed by atoms with E-state index in [0.29, 0.717) is 5.33 Å². The molecule has 1 saturated heterocycles. The fraction of sp³-hybridized carbons (Fsp3) is 0.800. The van der Waals surface area contributed by atoms with Crippen molar-refractivity contribution in [3.05, 3.63) is 0 Å². The third kappa shape index (κ3) is 3.65. The molecule has 1 heterocycles. The van der Waals surface area contributed by atoms with Gasteiger partial charge in [0.25, 0.3) is 0 Å². The molecule has 1 aliphatic rings. The number of hydrogen-bond acceptors (Lipinski definition) is 6. The van der Waals surface area contributed by atoms with Gasteiger partial charge in [0, 0.05) is 26.3 Å². The number of carbonyl (C=O) groups excluding carboxylic acids is 2. The Balaban J connectivity index is 2.82. The van der Waals surface area contributed by atoms with Gasteiger partial charge in [-0.2, -0.15) is 0 Å². The van der Waals surface area contributed by atoms with Crippen molar-refractivity contribution in [2.75, 3.05) is 12.4 Å². The molecule has 0 aromatic rings. The summed E-state index contributed by atoms with van der Waals surface area (Å²) in [5, 5.41) is 0.447. The van der Waals surface area contributed by atoms with Gasteiger partial charge in [-0.25, -0.2) is 0 Å². The molecule has 0 N–H and O–H groups in total. The van der Waals surface area contributed by atoms with Gasteiger partial charge >= 0.3 is 11.9 Å². The topological polar surface area (TPSA) is 71.1 Å². The highest BCUT2D eigenvalue weighted by Gasteiger charge is 2.48. The quantitative estimate of drug-likeness (QED) is 0.560. The average molecular weight is 311 g/mol. The van der Waals surface area contributed by atoms with E-state index in [1.54, 1.807) is 0 Å². The Morgan fingerprint density at radius 1 is 1.18 bits per heavy atom. The van der Waals surface area contributed by atoms with Crippen molar-refractivity contribution in [2.24, 2.45) is 0 Å². The minimum Gasteiger partial charge on any atom is -0.456 e. The Morgan fingerprint density at radius 3 is 2.12 bits per heavy atom. The van der Waals surface area contributed by atoms with Crippen LogP contribution in [-0.2, 0) is 28.5 Å². The second-order valence-electron chi connectivity index (χ2n) is 3.58. The number of hydrogen-bond donors (Lipinski definition) is 0. The first-order valence-corrected chi connectivity index (χ1v) is 6.20. The van der Waals surface area contributed by atoms with E-state index in [1.807, 2.05) is 0 Å². The van der Waals surface area contributed by atoms with Gasteiger partial charge in [0.2, 0.25) is 0 Å². The molecule has 0 aromatic carbocycles. The minimum atomic E-state index is -0.746. The van der Waals surface area contributed by atoms with Crippen molar-refractivity contribution in [2.45, 2.75) is 38.4 Å². The predicted molar refractivity (Wildman–Crippen MR) is 60.6 cm³/mol. The lowest BCUT2D eigenvalue weighted by atomic mass is 10.1. The third-order valence-corrected chi connectivity index (χ3v) is 2.89. The molecule has 1 rings (SSSR count). The molecule has 98 valence electrons. The lowest BCUT2D eigenvalue weighted by molar-refractivity contribution is -0.180. The van der Waals surface area contributed by atoms with Crippen molar-refractivity contribution in [3.63, 3.8) is 0 Å². The zero-order chi connectivity index (χ0) is 13.0. The number of alkyl halides is 1. The molecule has 0 aromatic heterocycles. The Morgan fingerprint density at radius 2 is 1.71 bits per heavy atom. The lowest BCUT2D eigenvalue weighted by Crippen LogP contribution is -2.40. The fourth-order valence-electron chi connectivity index (χ4n) is 1.66. The maximum absolute atomic E-state index is 11.0. The van der Waals surface area contributed by atoms with E-state index in [1.165, 1.54) is 21.0 Å². The second-order valence-corrected chi connectivity index (χ2v) is 4.23. The lowest BCUT2D eigenvalue weighted by Gasteiger charge is -2.22. The molecule has 0 aliphatic carbocycles. The molecule has 0 unspecified atom stereocenters. The number of rotatable bonds is 4. The molecular formula is C10H15BrO6. The van der Waals surface area contributed by atoms with Gasteiger partial charge < -0.3 is 18.9 Å². The summed E-state index contributed by atoms with van der Waals surface area (Å²) in [6, 6.07) is 0. The zero-order valence-electron chi connectivity index (χ0n) is 9.84. The molecular weight excluding hydrogens is 296 g/mol. The largest absolute Gasteiger partial charge is 0.456 e. The highest BCUT2D eigenvalue weighted by molar-refractivity contribution is 9.09. The average Bonchev–Trinajstić information content (AvgIpc) is 2.55. The summed E-state index contributed by atoms with van der Waals surface area (Å²) in [6.07, 6.45) is -2.55. The SMILES string of the molecule is CO[C@@H]1O[C@H](CBr)[C@@H](OC(C)=O)[C@H]1OC(C)=O. The summed E-state index contributed by atoms with van der Waals surface area (Å²) in [7, 11) is 1.43. The maximum atomic E-state index is 11.0. The van der Waals surface area contributed by atoms with Gasteiger partial charge in [-0.05, 0) is 0 Å². The molecule has 7 heteroatoms. The van der Waals surface area contributed by atoms with Crippen molar-refractivity contribution in [3.8, 4) is 0 Å². The van der Waals surface area contributed by atoms with Crippen LogP contribution in [0.3, 0.4) is 0 Å². The highest BCUT2D eigenvalue weighted by atomic mass is 79.9. The molecule has 17 heavy (non-hydrogen) atoms. The Kier molecular flexibility index (Phi) is 5.35. The van der Waals surface area contributed by atoms with Crippen LogP contribution in [0.5, 0.6) is 0 Å². The number of methoxy groups -OCH3 is 1. The van der Waals surface area contributed by atoms with E-state index in [2.05, 4.69) is 15.9 Å². The molecule has 4 atom stereocenters. The van der Waals surface area contributed by atoms with Crippen LogP contribution in [0, 0.1) is 0 Å². The van der Waals surface area contributed by atoms with E-state index < -0.39 is 36.5 Å². The van der Waals surface area contributed by atoms with Crippen LogP contribution >= 0.6 is 15.9 Å². The van der Waals surface area contributed by atoms with Crippen LogP contribution in [0.4, 0.5) is 0 Å². The Hall–Kier alpha value is -0.660. The first-order valence-electron chi connectivity index (χ1n) is 5.08. The summed E-state index contributed by atoms with van der Waals surface area (Å²) in [6.45, 7) is 2.56. The van der Waals surface area contributed by atoms with E-state index in [0.717, 1.165) is 0 Å². The zero-order valence-corrected chi connectivity index (χ0v) is 11.4. The van der Waals surface area contributed by atoms with Gasteiger partial charge in [0.05, 0.1) is 0 Å². The van der Waals surface area contributed by atoms with Crippen molar-refractivity contribution in [1.82, 2.24) is 0 Å². The Labute approximate surface area is 108 Å². The molecule has 0 spiro atoms. The summed E-state index contributed by atoms with van der Waals surface area (Å²) in [5.41, 5.74) is 0. The van der Waals surface area contributed by atoms with Gasteiger partial charge in [-0.3, -0.25) is 9.59 Å². The van der Waals surface area contributed by atoms with Crippen LogP contribution < -0.4 is 0 Å². The van der Waals surface area contributed by atoms with Crippen LogP contribution in [0.1, 0.15) is 13.8 Å². The van der Waals surface area contributed by atoms with Crippen LogP contribution in [-0.4, -0.2) is 49.0 Å². The van der Waals surface area contributed by atoms with Gasteiger partial charge in [0.15, 0.2) is 18.5 Å². The van der Waals surface area contributed by atoms with E-state index in [-0.39, 0.29) is 0 Å². The van der Waals surface area contributed by atoms with E-state index >= 15 is 0 Å². The molecule has 0 saturated carbocycles. The maximum Gasteiger partial charge on any atom is 0.303 e. The molecule has 0 bridgehead atoms. The van der Waals surface area contributed by atoms with Crippen molar-refractivity contribution >= 4 is 27.9 Å². The fourth-order valence-corrected chi connectivity index (χ4v) is 2.18. The standard InChI is InChI=1S/C10H15BrO6/c1-5(12)15-8-7(4-11)17-10(14-3)9(8)16-6(2)13/h7-10H,4H2,1-3H3/t7-,8-,9-,10-/m1/s1. The smallest absolute Gasteiger partial charge is 0.303 e. The summed E-state index contributed by atoms with van der Waals surface area (Å²) in [5.74, 6) is -0.938.